The van der Waals surface area contributed by atoms with Crippen LogP contribution in [0.1, 0.15) is 49.3 Å². The number of aryl methyl sites for hydroxylation is 1. The van der Waals surface area contributed by atoms with Gasteiger partial charge in [-0.1, -0.05) is 12.5 Å². The molecule has 2 nitrogen and oxygen atoms in total. The average molecular weight is 290 g/mol. The first-order valence-corrected chi connectivity index (χ1v) is 8.35. The largest absolute Gasteiger partial charge is 0.314 e. The summed E-state index contributed by atoms with van der Waals surface area (Å²) in [6, 6.07) is 6.47. The van der Waals surface area contributed by atoms with Gasteiger partial charge in [0.05, 0.1) is 0 Å². The molecule has 1 aliphatic heterocycles. The Balaban J connectivity index is 1.83. The van der Waals surface area contributed by atoms with E-state index in [2.05, 4.69) is 17.3 Å². The molecule has 0 aromatic heterocycles. The Morgan fingerprint density at radius 3 is 2.76 bits per heavy atom. The minimum atomic E-state index is -0.125. The summed E-state index contributed by atoms with van der Waals surface area (Å²) in [5.41, 5.74) is 2.40. The van der Waals surface area contributed by atoms with Crippen LogP contribution in [-0.4, -0.2) is 31.1 Å². The third kappa shape index (κ3) is 3.64. The van der Waals surface area contributed by atoms with Crippen molar-refractivity contribution in [3.63, 3.8) is 0 Å². The first-order chi connectivity index (χ1) is 10.1. The minimum absolute atomic E-state index is 0.125. The van der Waals surface area contributed by atoms with Gasteiger partial charge in [0.1, 0.15) is 5.82 Å². The number of likely N-dealkylation sites (tertiary alicyclic amines) is 1. The molecule has 1 N–H and O–H groups in total. The number of nitrogens with one attached hydrogen (secondary N) is 1. The van der Waals surface area contributed by atoms with Gasteiger partial charge in [0.15, 0.2) is 0 Å². The third-order valence-corrected chi connectivity index (χ3v) is 5.05. The Morgan fingerprint density at radius 1 is 1.24 bits per heavy atom. The minimum Gasteiger partial charge on any atom is -0.314 e. The van der Waals surface area contributed by atoms with Gasteiger partial charge in [0.25, 0.3) is 0 Å². The van der Waals surface area contributed by atoms with Crippen molar-refractivity contribution in [2.45, 2.75) is 51.1 Å². The molecule has 0 amide bonds. The van der Waals surface area contributed by atoms with E-state index in [-0.39, 0.29) is 5.82 Å². The molecular formula is C18H27FN2. The zero-order valence-corrected chi connectivity index (χ0v) is 13.2. The highest BCUT2D eigenvalue weighted by Gasteiger charge is 2.31. The van der Waals surface area contributed by atoms with Gasteiger partial charge >= 0.3 is 0 Å². The van der Waals surface area contributed by atoms with E-state index in [9.17, 15) is 4.39 Å². The molecule has 1 aromatic rings. The molecule has 1 saturated carbocycles. The number of rotatable bonds is 4. The molecule has 1 aromatic carbocycles. The quantitative estimate of drug-likeness (QED) is 0.910. The molecule has 3 heteroatoms. The van der Waals surface area contributed by atoms with Gasteiger partial charge in [-0.2, -0.15) is 0 Å². The molecule has 1 aliphatic carbocycles. The van der Waals surface area contributed by atoms with Crippen LogP contribution in [0.25, 0.3) is 0 Å². The van der Waals surface area contributed by atoms with Crippen molar-refractivity contribution < 1.29 is 4.39 Å². The maximum Gasteiger partial charge on any atom is 0.123 e. The number of halogens is 1. The molecule has 2 fully saturated rings. The maximum atomic E-state index is 13.4. The summed E-state index contributed by atoms with van der Waals surface area (Å²) in [6.07, 6.45) is 6.52. The summed E-state index contributed by atoms with van der Waals surface area (Å²) in [5.74, 6) is 0.502. The fraction of sp³-hybridized carbons (Fsp3) is 0.667. The SMILES string of the molecule is Cc1cc(F)ccc1C1C(CNC2CC2)CCCCN1C. The molecule has 2 aliphatic rings. The van der Waals surface area contributed by atoms with Crippen molar-refractivity contribution >= 4 is 0 Å². The second-order valence-electron chi connectivity index (χ2n) is 6.86. The molecule has 3 rings (SSSR count). The second-order valence-corrected chi connectivity index (χ2v) is 6.86. The van der Waals surface area contributed by atoms with Crippen LogP contribution in [0.15, 0.2) is 18.2 Å². The van der Waals surface area contributed by atoms with Gasteiger partial charge in [-0.15, -0.1) is 0 Å². The normalized spacial score (nSPS) is 27.6. The van der Waals surface area contributed by atoms with E-state index in [4.69, 9.17) is 0 Å². The van der Waals surface area contributed by atoms with Crippen LogP contribution in [0.3, 0.4) is 0 Å². The van der Waals surface area contributed by atoms with Gasteiger partial charge < -0.3 is 5.32 Å². The molecule has 0 spiro atoms. The molecule has 21 heavy (non-hydrogen) atoms. The predicted octanol–water partition coefficient (Wildman–Crippen LogP) is 3.66. The molecule has 0 bridgehead atoms. The van der Waals surface area contributed by atoms with E-state index in [1.807, 2.05) is 13.0 Å². The Hall–Kier alpha value is -0.930. The van der Waals surface area contributed by atoms with Crippen LogP contribution in [0.5, 0.6) is 0 Å². The molecule has 2 atom stereocenters. The van der Waals surface area contributed by atoms with Gasteiger partial charge in [-0.3, -0.25) is 4.90 Å². The predicted molar refractivity (Wildman–Crippen MR) is 84.9 cm³/mol. The van der Waals surface area contributed by atoms with Gasteiger partial charge in [0.2, 0.25) is 0 Å². The van der Waals surface area contributed by atoms with Gasteiger partial charge in [-0.25, -0.2) is 4.39 Å². The first kappa shape index (κ1) is 15.0. The summed E-state index contributed by atoms with van der Waals surface area (Å²) in [7, 11) is 2.23. The summed E-state index contributed by atoms with van der Waals surface area (Å²) in [4.78, 5) is 2.48. The van der Waals surface area contributed by atoms with E-state index in [1.54, 1.807) is 12.1 Å². The van der Waals surface area contributed by atoms with E-state index >= 15 is 0 Å². The monoisotopic (exact) mass is 290 g/mol. The van der Waals surface area contributed by atoms with Crippen molar-refractivity contribution in [1.82, 2.24) is 10.2 Å². The van der Waals surface area contributed by atoms with Gasteiger partial charge in [-0.05, 0) is 75.4 Å². The molecule has 1 saturated heterocycles. The van der Waals surface area contributed by atoms with Crippen molar-refractivity contribution in [2.24, 2.45) is 5.92 Å². The summed E-state index contributed by atoms with van der Waals surface area (Å²) in [6.45, 7) is 4.28. The lowest BCUT2D eigenvalue weighted by Crippen LogP contribution is -2.36. The molecule has 0 radical (unpaired) electrons. The van der Waals surface area contributed by atoms with Crippen molar-refractivity contribution in [3.05, 3.63) is 35.1 Å². The van der Waals surface area contributed by atoms with Crippen LogP contribution in [0.4, 0.5) is 4.39 Å². The smallest absolute Gasteiger partial charge is 0.123 e. The zero-order valence-electron chi connectivity index (χ0n) is 13.2. The first-order valence-electron chi connectivity index (χ1n) is 8.35. The highest BCUT2D eigenvalue weighted by atomic mass is 19.1. The number of benzene rings is 1. The fourth-order valence-corrected chi connectivity index (χ4v) is 3.71. The Bertz CT molecular complexity index is 484. The average Bonchev–Trinajstić information content (AvgIpc) is 3.26. The highest BCUT2D eigenvalue weighted by Crippen LogP contribution is 2.36. The van der Waals surface area contributed by atoms with E-state index in [0.717, 1.165) is 24.7 Å². The van der Waals surface area contributed by atoms with E-state index in [1.165, 1.54) is 37.7 Å². The van der Waals surface area contributed by atoms with Crippen molar-refractivity contribution in [1.29, 1.82) is 0 Å². The Morgan fingerprint density at radius 2 is 2.05 bits per heavy atom. The number of nitrogens with zero attached hydrogens (tertiary/aromatic N) is 1. The van der Waals surface area contributed by atoms with Crippen LogP contribution >= 0.6 is 0 Å². The summed E-state index contributed by atoms with van der Waals surface area (Å²) in [5, 5.41) is 3.70. The lowest BCUT2D eigenvalue weighted by atomic mass is 9.87. The number of hydrogen-bond acceptors (Lipinski definition) is 2. The molecule has 1 heterocycles. The highest BCUT2D eigenvalue weighted by molar-refractivity contribution is 5.30. The number of hydrogen-bond donors (Lipinski definition) is 1. The maximum absolute atomic E-state index is 13.4. The molecule has 116 valence electrons. The summed E-state index contributed by atoms with van der Waals surface area (Å²) >= 11 is 0. The van der Waals surface area contributed by atoms with Crippen LogP contribution in [0.2, 0.25) is 0 Å². The fourth-order valence-electron chi connectivity index (χ4n) is 3.71. The lowest BCUT2D eigenvalue weighted by molar-refractivity contribution is 0.188. The van der Waals surface area contributed by atoms with E-state index in [0.29, 0.717) is 12.0 Å². The van der Waals surface area contributed by atoms with Crippen LogP contribution in [0, 0.1) is 18.7 Å². The third-order valence-electron chi connectivity index (χ3n) is 5.05. The Labute approximate surface area is 127 Å². The van der Waals surface area contributed by atoms with Crippen molar-refractivity contribution in [2.75, 3.05) is 20.1 Å². The van der Waals surface area contributed by atoms with Crippen LogP contribution < -0.4 is 5.32 Å². The Kier molecular flexibility index (Phi) is 4.60. The topological polar surface area (TPSA) is 15.3 Å². The second kappa shape index (κ2) is 6.45. The molecular weight excluding hydrogens is 263 g/mol. The zero-order chi connectivity index (χ0) is 14.8. The van der Waals surface area contributed by atoms with Crippen molar-refractivity contribution in [3.8, 4) is 0 Å². The van der Waals surface area contributed by atoms with E-state index < -0.39 is 0 Å². The standard InChI is InChI=1S/C18H27FN2/c1-13-11-15(19)6-9-17(13)18-14(12-20-16-7-8-16)5-3-4-10-21(18)2/h6,9,11,14,16,18,20H,3-5,7-8,10,12H2,1-2H3. The van der Waals surface area contributed by atoms with Gasteiger partial charge in [0, 0.05) is 18.6 Å². The lowest BCUT2D eigenvalue weighted by Gasteiger charge is -2.34. The van der Waals surface area contributed by atoms with Crippen LogP contribution in [-0.2, 0) is 0 Å². The molecule has 2 unspecified atom stereocenters. The summed E-state index contributed by atoms with van der Waals surface area (Å²) < 4.78 is 13.4.